The number of para-hydroxylation sites is 1. The van der Waals surface area contributed by atoms with Gasteiger partial charge in [0.25, 0.3) is 0 Å². The molecule has 0 saturated heterocycles. The number of nitrogens with one attached hydrogen (secondary N) is 2. The van der Waals surface area contributed by atoms with E-state index in [1.54, 1.807) is 6.07 Å². The van der Waals surface area contributed by atoms with Gasteiger partial charge in [-0.3, -0.25) is 4.68 Å². The van der Waals surface area contributed by atoms with Gasteiger partial charge in [0.2, 0.25) is 0 Å². The standard InChI is InChI=1S/C14H16FN5/c1-10-7-17-20(9-10)6-5-16-8-13-18-12-4-2-3-11(15)14(12)19-13/h2-4,7,9,16H,5-6,8H2,1H3,(H,18,19). The Morgan fingerprint density at radius 3 is 3.05 bits per heavy atom. The van der Waals surface area contributed by atoms with Gasteiger partial charge in [0.1, 0.15) is 11.3 Å². The largest absolute Gasteiger partial charge is 0.341 e. The van der Waals surface area contributed by atoms with Gasteiger partial charge in [0, 0.05) is 12.7 Å². The predicted octanol–water partition coefficient (Wildman–Crippen LogP) is 2.00. The van der Waals surface area contributed by atoms with Crippen molar-refractivity contribution in [3.8, 4) is 0 Å². The number of fused-ring (bicyclic) bond motifs is 1. The summed E-state index contributed by atoms with van der Waals surface area (Å²) < 4.78 is 15.4. The molecule has 0 saturated carbocycles. The minimum atomic E-state index is -0.294. The third-order valence-electron chi connectivity index (χ3n) is 3.08. The van der Waals surface area contributed by atoms with Crippen LogP contribution in [-0.4, -0.2) is 26.3 Å². The Bertz CT molecular complexity index is 715. The Morgan fingerprint density at radius 1 is 1.40 bits per heavy atom. The molecular weight excluding hydrogens is 257 g/mol. The van der Waals surface area contributed by atoms with Crippen LogP contribution in [0.5, 0.6) is 0 Å². The summed E-state index contributed by atoms with van der Waals surface area (Å²) in [5.74, 6) is 0.443. The Balaban J connectivity index is 1.56. The number of hydrogen-bond acceptors (Lipinski definition) is 3. The zero-order valence-electron chi connectivity index (χ0n) is 11.2. The number of hydrogen-bond donors (Lipinski definition) is 2. The lowest BCUT2D eigenvalue weighted by Crippen LogP contribution is -2.20. The first-order valence-corrected chi connectivity index (χ1v) is 6.55. The van der Waals surface area contributed by atoms with Crippen molar-refractivity contribution < 1.29 is 4.39 Å². The van der Waals surface area contributed by atoms with Crippen LogP contribution in [0.1, 0.15) is 11.4 Å². The fraction of sp³-hybridized carbons (Fsp3) is 0.286. The molecule has 3 rings (SSSR count). The fourth-order valence-electron chi connectivity index (χ4n) is 2.12. The second kappa shape index (κ2) is 5.42. The van der Waals surface area contributed by atoms with Gasteiger partial charge in [-0.2, -0.15) is 5.10 Å². The molecule has 0 spiro atoms. The maximum atomic E-state index is 13.5. The molecule has 2 N–H and O–H groups in total. The van der Waals surface area contributed by atoms with Crippen LogP contribution in [0.4, 0.5) is 4.39 Å². The molecule has 0 amide bonds. The molecule has 0 fully saturated rings. The van der Waals surface area contributed by atoms with Crippen molar-refractivity contribution in [3.05, 3.63) is 47.8 Å². The SMILES string of the molecule is Cc1cnn(CCNCc2nc3c(F)cccc3[nH]2)c1. The van der Waals surface area contributed by atoms with Crippen LogP contribution in [-0.2, 0) is 13.1 Å². The Labute approximate surface area is 115 Å². The summed E-state index contributed by atoms with van der Waals surface area (Å²) in [6.45, 7) is 4.16. The van der Waals surface area contributed by atoms with Crippen molar-refractivity contribution in [2.45, 2.75) is 20.0 Å². The summed E-state index contributed by atoms with van der Waals surface area (Å²) in [6, 6.07) is 4.91. The van der Waals surface area contributed by atoms with Gasteiger partial charge in [-0.15, -0.1) is 0 Å². The highest BCUT2D eigenvalue weighted by molar-refractivity contribution is 5.75. The summed E-state index contributed by atoms with van der Waals surface area (Å²) in [6.07, 6.45) is 3.83. The number of aromatic amines is 1. The molecule has 0 radical (unpaired) electrons. The van der Waals surface area contributed by atoms with Gasteiger partial charge < -0.3 is 10.3 Å². The average Bonchev–Trinajstić information content (AvgIpc) is 3.02. The first kappa shape index (κ1) is 12.8. The van der Waals surface area contributed by atoms with Crippen molar-refractivity contribution in [1.29, 1.82) is 0 Å². The molecule has 5 nitrogen and oxygen atoms in total. The van der Waals surface area contributed by atoms with E-state index < -0.39 is 0 Å². The van der Waals surface area contributed by atoms with Gasteiger partial charge in [0.05, 0.1) is 24.8 Å². The molecule has 0 aliphatic carbocycles. The van der Waals surface area contributed by atoms with E-state index in [1.165, 1.54) is 6.07 Å². The second-order valence-electron chi connectivity index (χ2n) is 4.78. The number of rotatable bonds is 5. The van der Waals surface area contributed by atoms with Gasteiger partial charge in [0.15, 0.2) is 5.82 Å². The normalized spacial score (nSPS) is 11.3. The maximum Gasteiger partial charge on any atom is 0.151 e. The molecule has 2 heterocycles. The average molecular weight is 273 g/mol. The molecule has 104 valence electrons. The minimum Gasteiger partial charge on any atom is -0.341 e. The van der Waals surface area contributed by atoms with Gasteiger partial charge in [-0.25, -0.2) is 9.37 Å². The van der Waals surface area contributed by atoms with E-state index >= 15 is 0 Å². The minimum absolute atomic E-state index is 0.294. The molecule has 20 heavy (non-hydrogen) atoms. The Hall–Kier alpha value is -2.21. The monoisotopic (exact) mass is 273 g/mol. The molecule has 2 aromatic heterocycles. The molecule has 0 unspecified atom stereocenters. The van der Waals surface area contributed by atoms with Crippen molar-refractivity contribution in [1.82, 2.24) is 25.1 Å². The predicted molar refractivity (Wildman–Crippen MR) is 74.7 cm³/mol. The highest BCUT2D eigenvalue weighted by atomic mass is 19.1. The molecule has 6 heteroatoms. The lowest BCUT2D eigenvalue weighted by Gasteiger charge is -2.02. The second-order valence-corrected chi connectivity index (χ2v) is 4.78. The van der Waals surface area contributed by atoms with Crippen LogP contribution >= 0.6 is 0 Å². The summed E-state index contributed by atoms with van der Waals surface area (Å²) in [5.41, 5.74) is 2.27. The topological polar surface area (TPSA) is 58.5 Å². The Kier molecular flexibility index (Phi) is 3.47. The summed E-state index contributed by atoms with van der Waals surface area (Å²) in [7, 11) is 0. The highest BCUT2D eigenvalue weighted by Gasteiger charge is 2.06. The van der Waals surface area contributed by atoms with E-state index in [0.717, 1.165) is 30.0 Å². The first-order chi connectivity index (χ1) is 9.72. The number of benzene rings is 1. The Morgan fingerprint density at radius 2 is 2.30 bits per heavy atom. The van der Waals surface area contributed by atoms with E-state index in [4.69, 9.17) is 0 Å². The van der Waals surface area contributed by atoms with E-state index in [0.29, 0.717) is 12.1 Å². The third-order valence-corrected chi connectivity index (χ3v) is 3.08. The van der Waals surface area contributed by atoms with Crippen LogP contribution < -0.4 is 5.32 Å². The molecule has 0 aliphatic rings. The molecule has 0 aliphatic heterocycles. The van der Waals surface area contributed by atoms with E-state index in [2.05, 4.69) is 20.4 Å². The third kappa shape index (κ3) is 2.70. The smallest absolute Gasteiger partial charge is 0.151 e. The van der Waals surface area contributed by atoms with Crippen LogP contribution in [0, 0.1) is 12.7 Å². The summed E-state index contributed by atoms with van der Waals surface area (Å²) in [4.78, 5) is 7.35. The van der Waals surface area contributed by atoms with Gasteiger partial charge in [-0.05, 0) is 24.6 Å². The highest BCUT2D eigenvalue weighted by Crippen LogP contribution is 2.14. The number of halogens is 1. The van der Waals surface area contributed by atoms with Crippen molar-refractivity contribution >= 4 is 11.0 Å². The number of aryl methyl sites for hydroxylation is 1. The number of aromatic nitrogens is 4. The zero-order valence-corrected chi connectivity index (χ0v) is 11.2. The summed E-state index contributed by atoms with van der Waals surface area (Å²) >= 11 is 0. The summed E-state index contributed by atoms with van der Waals surface area (Å²) in [5, 5.41) is 7.47. The van der Waals surface area contributed by atoms with E-state index in [9.17, 15) is 4.39 Å². The van der Waals surface area contributed by atoms with E-state index in [1.807, 2.05) is 30.1 Å². The fourth-order valence-corrected chi connectivity index (χ4v) is 2.12. The lowest BCUT2D eigenvalue weighted by atomic mass is 10.3. The lowest BCUT2D eigenvalue weighted by molar-refractivity contribution is 0.549. The molecule has 0 atom stereocenters. The first-order valence-electron chi connectivity index (χ1n) is 6.55. The molecule has 3 aromatic rings. The quantitative estimate of drug-likeness (QED) is 0.699. The number of H-pyrrole nitrogens is 1. The van der Waals surface area contributed by atoms with E-state index in [-0.39, 0.29) is 5.82 Å². The van der Waals surface area contributed by atoms with Crippen molar-refractivity contribution in [3.63, 3.8) is 0 Å². The van der Waals surface area contributed by atoms with Crippen molar-refractivity contribution in [2.75, 3.05) is 6.54 Å². The zero-order chi connectivity index (χ0) is 13.9. The van der Waals surface area contributed by atoms with Crippen LogP contribution in [0.3, 0.4) is 0 Å². The number of nitrogens with zero attached hydrogens (tertiary/aromatic N) is 3. The van der Waals surface area contributed by atoms with Crippen LogP contribution in [0.2, 0.25) is 0 Å². The number of imidazole rings is 1. The van der Waals surface area contributed by atoms with Crippen molar-refractivity contribution in [2.24, 2.45) is 0 Å². The van der Waals surface area contributed by atoms with Gasteiger partial charge in [-0.1, -0.05) is 6.07 Å². The van der Waals surface area contributed by atoms with Gasteiger partial charge >= 0.3 is 0 Å². The maximum absolute atomic E-state index is 13.5. The molecular formula is C14H16FN5. The molecule has 1 aromatic carbocycles. The molecule has 0 bridgehead atoms. The van der Waals surface area contributed by atoms with Crippen LogP contribution in [0.15, 0.2) is 30.6 Å². The van der Waals surface area contributed by atoms with Crippen LogP contribution in [0.25, 0.3) is 11.0 Å².